The van der Waals surface area contributed by atoms with Gasteiger partial charge in [0.25, 0.3) is 5.91 Å². The number of hydrogen-bond donors (Lipinski definition) is 1. The van der Waals surface area contributed by atoms with E-state index in [1.165, 1.54) is 0 Å². The number of fused-ring (bicyclic) bond motifs is 1. The second kappa shape index (κ2) is 5.42. The quantitative estimate of drug-likeness (QED) is 0.914. The number of nitrogens with one attached hydrogen (secondary N) is 1. The van der Waals surface area contributed by atoms with Gasteiger partial charge in [-0.05, 0) is 31.3 Å². The Balaban J connectivity index is 1.83. The molecule has 0 aromatic carbocycles. The highest BCUT2D eigenvalue weighted by atomic mass is 32.1. The summed E-state index contributed by atoms with van der Waals surface area (Å²) in [6.45, 7) is 8.82. The van der Waals surface area contributed by atoms with Gasteiger partial charge < -0.3 is 5.32 Å². The van der Waals surface area contributed by atoms with Crippen LogP contribution in [0.2, 0.25) is 0 Å². The van der Waals surface area contributed by atoms with Gasteiger partial charge in [0, 0.05) is 12.0 Å². The molecule has 0 saturated carbocycles. The second-order valence-corrected chi connectivity index (χ2v) is 7.36. The van der Waals surface area contributed by atoms with Crippen molar-refractivity contribution in [3.8, 4) is 0 Å². The van der Waals surface area contributed by atoms with Crippen molar-refractivity contribution in [1.82, 2.24) is 29.7 Å². The Morgan fingerprint density at radius 3 is 2.91 bits per heavy atom. The van der Waals surface area contributed by atoms with E-state index in [1.54, 1.807) is 0 Å². The van der Waals surface area contributed by atoms with Crippen LogP contribution < -0.4 is 5.32 Å². The highest BCUT2D eigenvalue weighted by molar-refractivity contribution is 7.08. The first-order chi connectivity index (χ1) is 10.4. The predicted molar refractivity (Wildman–Crippen MR) is 82.8 cm³/mol. The molecule has 118 valence electrons. The third-order valence-electron chi connectivity index (χ3n) is 3.69. The Morgan fingerprint density at radius 2 is 2.18 bits per heavy atom. The maximum atomic E-state index is 12.6. The normalized spacial score (nSPS) is 18.1. The molecule has 0 spiro atoms. The Morgan fingerprint density at radius 1 is 1.41 bits per heavy atom. The van der Waals surface area contributed by atoms with Gasteiger partial charge >= 0.3 is 0 Å². The minimum Gasteiger partial charge on any atom is -0.341 e. The van der Waals surface area contributed by atoms with Crippen LogP contribution in [-0.4, -0.2) is 30.3 Å². The zero-order valence-electron chi connectivity index (χ0n) is 13.3. The molecule has 3 rings (SSSR count). The minimum absolute atomic E-state index is 0.0997. The number of hydrogen-bond acceptors (Lipinski definition) is 6. The molecule has 2 aromatic rings. The van der Waals surface area contributed by atoms with E-state index in [0.29, 0.717) is 4.88 Å². The Kier molecular flexibility index (Phi) is 3.72. The maximum Gasteiger partial charge on any atom is 0.265 e. The van der Waals surface area contributed by atoms with E-state index in [-0.39, 0.29) is 17.4 Å². The van der Waals surface area contributed by atoms with Gasteiger partial charge in [0.15, 0.2) is 0 Å². The fourth-order valence-corrected chi connectivity index (χ4v) is 3.44. The zero-order valence-corrected chi connectivity index (χ0v) is 14.1. The van der Waals surface area contributed by atoms with Crippen LogP contribution in [0.1, 0.15) is 66.7 Å². The Labute approximate surface area is 133 Å². The van der Waals surface area contributed by atoms with Crippen molar-refractivity contribution in [3.05, 3.63) is 22.2 Å². The third kappa shape index (κ3) is 2.75. The van der Waals surface area contributed by atoms with E-state index < -0.39 is 0 Å². The van der Waals surface area contributed by atoms with Gasteiger partial charge in [-0.2, -0.15) is 5.10 Å². The SMILES string of the molecule is Cc1nc2n(n1)CCCC2NC(=O)c1snnc1C(C)(C)C. The molecule has 1 atom stereocenters. The van der Waals surface area contributed by atoms with Crippen molar-refractivity contribution in [2.24, 2.45) is 0 Å². The summed E-state index contributed by atoms with van der Waals surface area (Å²) in [6.07, 6.45) is 1.86. The predicted octanol–water partition coefficient (Wildman–Crippen LogP) is 2.00. The van der Waals surface area contributed by atoms with E-state index in [2.05, 4.69) is 25.0 Å². The third-order valence-corrected chi connectivity index (χ3v) is 4.42. The summed E-state index contributed by atoms with van der Waals surface area (Å²) in [4.78, 5) is 17.7. The van der Waals surface area contributed by atoms with Crippen LogP contribution in [0.3, 0.4) is 0 Å². The van der Waals surface area contributed by atoms with Gasteiger partial charge in [0.2, 0.25) is 0 Å². The van der Waals surface area contributed by atoms with Gasteiger partial charge in [-0.1, -0.05) is 25.3 Å². The molecular weight excluding hydrogens is 300 g/mol. The molecule has 1 aliphatic heterocycles. The molecule has 3 heterocycles. The molecule has 1 aliphatic rings. The van der Waals surface area contributed by atoms with Gasteiger partial charge in [0.1, 0.15) is 16.5 Å². The number of nitrogens with zero attached hydrogens (tertiary/aromatic N) is 5. The molecule has 7 nitrogen and oxygen atoms in total. The lowest BCUT2D eigenvalue weighted by Crippen LogP contribution is -2.34. The monoisotopic (exact) mass is 320 g/mol. The van der Waals surface area contributed by atoms with Crippen LogP contribution in [0.5, 0.6) is 0 Å². The Hall–Kier alpha value is -1.83. The standard InChI is InChI=1S/C14H20N6OS/c1-8-15-12-9(6-5-7-20(12)18-8)16-13(21)10-11(14(2,3)4)17-19-22-10/h9H,5-7H2,1-4H3,(H,16,21). The van der Waals surface area contributed by atoms with Gasteiger partial charge in [0.05, 0.1) is 11.7 Å². The summed E-state index contributed by atoms with van der Waals surface area (Å²) in [5, 5.41) is 11.6. The summed E-state index contributed by atoms with van der Waals surface area (Å²) in [5.74, 6) is 1.46. The molecule has 0 radical (unpaired) electrons. The molecular formula is C14H20N6OS. The minimum atomic E-state index is -0.206. The molecule has 1 unspecified atom stereocenters. The number of amides is 1. The molecule has 0 saturated heterocycles. The number of carbonyl (C=O) groups excluding carboxylic acids is 1. The van der Waals surface area contributed by atoms with Crippen LogP contribution in [0.15, 0.2) is 0 Å². The van der Waals surface area contributed by atoms with Crippen molar-refractivity contribution < 1.29 is 4.79 Å². The van der Waals surface area contributed by atoms with Crippen molar-refractivity contribution in [2.45, 2.75) is 58.5 Å². The fourth-order valence-electron chi connectivity index (χ4n) is 2.66. The number of aryl methyl sites for hydroxylation is 2. The largest absolute Gasteiger partial charge is 0.341 e. The molecule has 1 amide bonds. The molecule has 8 heteroatoms. The average molecular weight is 320 g/mol. The summed E-state index contributed by atoms with van der Waals surface area (Å²) >= 11 is 1.14. The van der Waals surface area contributed by atoms with Crippen LogP contribution >= 0.6 is 11.5 Å². The number of aromatic nitrogens is 5. The van der Waals surface area contributed by atoms with Crippen molar-refractivity contribution in [3.63, 3.8) is 0 Å². The van der Waals surface area contributed by atoms with Crippen molar-refractivity contribution in [1.29, 1.82) is 0 Å². The van der Waals surface area contributed by atoms with Crippen molar-refractivity contribution in [2.75, 3.05) is 0 Å². The first-order valence-electron chi connectivity index (χ1n) is 7.41. The summed E-state index contributed by atoms with van der Waals surface area (Å²) in [6, 6.07) is -0.0997. The zero-order chi connectivity index (χ0) is 15.9. The van der Waals surface area contributed by atoms with Crippen LogP contribution in [-0.2, 0) is 12.0 Å². The highest BCUT2D eigenvalue weighted by Crippen LogP contribution is 2.28. The lowest BCUT2D eigenvalue weighted by molar-refractivity contribution is 0.0929. The van der Waals surface area contributed by atoms with Gasteiger partial charge in [-0.25, -0.2) is 9.67 Å². The second-order valence-electron chi connectivity index (χ2n) is 6.61. The average Bonchev–Trinajstić information content (AvgIpc) is 3.03. The number of carbonyl (C=O) groups is 1. The van der Waals surface area contributed by atoms with E-state index in [4.69, 9.17) is 0 Å². The van der Waals surface area contributed by atoms with Crippen LogP contribution in [0.4, 0.5) is 0 Å². The molecule has 22 heavy (non-hydrogen) atoms. The lowest BCUT2D eigenvalue weighted by Gasteiger charge is -2.23. The highest BCUT2D eigenvalue weighted by Gasteiger charge is 2.30. The Bertz CT molecular complexity index is 698. The first kappa shape index (κ1) is 15.1. The lowest BCUT2D eigenvalue weighted by atomic mass is 9.91. The van der Waals surface area contributed by atoms with Gasteiger partial charge in [-0.15, -0.1) is 5.10 Å². The molecule has 0 bridgehead atoms. The summed E-state index contributed by atoms with van der Waals surface area (Å²) < 4.78 is 5.84. The first-order valence-corrected chi connectivity index (χ1v) is 8.18. The van der Waals surface area contributed by atoms with E-state index >= 15 is 0 Å². The summed E-state index contributed by atoms with van der Waals surface area (Å²) in [5.41, 5.74) is 0.534. The maximum absolute atomic E-state index is 12.6. The van der Waals surface area contributed by atoms with Crippen LogP contribution in [0, 0.1) is 6.92 Å². The smallest absolute Gasteiger partial charge is 0.265 e. The van der Waals surface area contributed by atoms with E-state index in [0.717, 1.165) is 48.3 Å². The van der Waals surface area contributed by atoms with Gasteiger partial charge in [-0.3, -0.25) is 4.79 Å². The van der Waals surface area contributed by atoms with Crippen LogP contribution in [0.25, 0.3) is 0 Å². The number of rotatable bonds is 2. The summed E-state index contributed by atoms with van der Waals surface area (Å²) in [7, 11) is 0. The fraction of sp³-hybridized carbons (Fsp3) is 0.643. The van der Waals surface area contributed by atoms with Crippen molar-refractivity contribution >= 4 is 17.4 Å². The van der Waals surface area contributed by atoms with E-state index in [9.17, 15) is 4.79 Å². The van der Waals surface area contributed by atoms with E-state index in [1.807, 2.05) is 32.4 Å². The molecule has 2 aromatic heterocycles. The molecule has 1 N–H and O–H groups in total. The molecule has 0 aliphatic carbocycles. The topological polar surface area (TPSA) is 85.6 Å². The molecule has 0 fully saturated rings.